The quantitative estimate of drug-likeness (QED) is 0.575. The monoisotopic (exact) mass is 372 g/mol. The van der Waals surface area contributed by atoms with Gasteiger partial charge in [0.2, 0.25) is 0 Å². The van der Waals surface area contributed by atoms with E-state index in [0.29, 0.717) is 5.76 Å². The molecule has 0 fully saturated rings. The largest absolute Gasteiger partial charge is 0.476 e. The van der Waals surface area contributed by atoms with Crippen molar-refractivity contribution in [2.45, 2.75) is 6.54 Å². The minimum absolute atomic E-state index is 0.107. The Hall–Kier alpha value is -3.89. The number of aryl methyl sites for hydroxylation is 2. The first-order chi connectivity index (χ1) is 12.9. The highest BCUT2D eigenvalue weighted by molar-refractivity contribution is 6.12. The zero-order valence-electron chi connectivity index (χ0n) is 14.5. The molecule has 0 aliphatic rings. The standard InChI is InChI=1S/C16H16N6O5/c1-21-8-10(12(20-21)16(25)26)14(23)19-11-7-18-22(2)13(11)15(24)17-6-9-4-3-5-27-9/h3-5,7-8H,6H2,1-2H3,(H,17,24)(H,19,23)(H,25,26). The van der Waals surface area contributed by atoms with Crippen LogP contribution in [0.15, 0.2) is 35.2 Å². The summed E-state index contributed by atoms with van der Waals surface area (Å²) in [5.74, 6) is -1.96. The molecule has 3 rings (SSSR count). The van der Waals surface area contributed by atoms with Gasteiger partial charge in [-0.1, -0.05) is 0 Å². The molecule has 11 nitrogen and oxygen atoms in total. The summed E-state index contributed by atoms with van der Waals surface area (Å²) in [6.07, 6.45) is 4.08. The normalized spacial score (nSPS) is 10.6. The second-order valence-electron chi connectivity index (χ2n) is 5.62. The highest BCUT2D eigenvalue weighted by Crippen LogP contribution is 2.17. The second kappa shape index (κ2) is 7.15. The minimum Gasteiger partial charge on any atom is -0.476 e. The molecule has 0 aliphatic carbocycles. The van der Waals surface area contributed by atoms with Crippen LogP contribution >= 0.6 is 0 Å². The second-order valence-corrected chi connectivity index (χ2v) is 5.62. The molecule has 3 N–H and O–H groups in total. The Bertz CT molecular complexity index is 1000. The molecule has 0 atom stereocenters. The molecule has 0 spiro atoms. The number of amides is 2. The summed E-state index contributed by atoms with van der Waals surface area (Å²) in [5.41, 5.74) is -0.270. The van der Waals surface area contributed by atoms with Gasteiger partial charge >= 0.3 is 5.97 Å². The fourth-order valence-electron chi connectivity index (χ4n) is 2.46. The topological polar surface area (TPSA) is 144 Å². The molecular weight excluding hydrogens is 356 g/mol. The van der Waals surface area contributed by atoms with E-state index >= 15 is 0 Å². The van der Waals surface area contributed by atoms with Crippen LogP contribution in [0.1, 0.15) is 37.1 Å². The number of hydrogen-bond acceptors (Lipinski definition) is 6. The first-order valence-corrected chi connectivity index (χ1v) is 7.77. The van der Waals surface area contributed by atoms with E-state index in [0.717, 1.165) is 0 Å². The maximum atomic E-state index is 12.5. The fraction of sp³-hybridized carbons (Fsp3) is 0.188. The molecule has 140 valence electrons. The van der Waals surface area contributed by atoms with Gasteiger partial charge in [-0.3, -0.25) is 19.0 Å². The summed E-state index contributed by atoms with van der Waals surface area (Å²) in [7, 11) is 3.05. The zero-order chi connectivity index (χ0) is 19.6. The number of furan rings is 1. The van der Waals surface area contributed by atoms with Crippen molar-refractivity contribution in [2.75, 3.05) is 5.32 Å². The third kappa shape index (κ3) is 3.71. The average Bonchev–Trinajstić information content (AvgIpc) is 3.33. The van der Waals surface area contributed by atoms with Crippen molar-refractivity contribution >= 4 is 23.5 Å². The van der Waals surface area contributed by atoms with Crippen molar-refractivity contribution in [1.82, 2.24) is 24.9 Å². The summed E-state index contributed by atoms with van der Waals surface area (Å²) >= 11 is 0. The van der Waals surface area contributed by atoms with Crippen LogP contribution in [0.4, 0.5) is 5.69 Å². The van der Waals surface area contributed by atoms with Crippen LogP contribution in [0.3, 0.4) is 0 Å². The highest BCUT2D eigenvalue weighted by atomic mass is 16.4. The molecule has 0 bridgehead atoms. The van der Waals surface area contributed by atoms with Crippen LogP contribution in [0.25, 0.3) is 0 Å². The van der Waals surface area contributed by atoms with Crippen LogP contribution in [-0.4, -0.2) is 42.5 Å². The first-order valence-electron chi connectivity index (χ1n) is 7.77. The van der Waals surface area contributed by atoms with Crippen molar-refractivity contribution in [2.24, 2.45) is 14.1 Å². The number of nitrogens with one attached hydrogen (secondary N) is 2. The Kier molecular flexibility index (Phi) is 4.75. The molecule has 0 saturated heterocycles. The molecule has 27 heavy (non-hydrogen) atoms. The number of carboxylic acid groups (broad SMARTS) is 1. The Labute approximate surface area is 152 Å². The lowest BCUT2D eigenvalue weighted by molar-refractivity contribution is 0.0685. The predicted octanol–water partition coefficient (Wildman–Crippen LogP) is 0.627. The fourth-order valence-corrected chi connectivity index (χ4v) is 2.46. The lowest BCUT2D eigenvalue weighted by atomic mass is 10.2. The van der Waals surface area contributed by atoms with Crippen molar-refractivity contribution in [1.29, 1.82) is 0 Å². The molecule has 3 heterocycles. The van der Waals surface area contributed by atoms with Gasteiger partial charge in [-0.2, -0.15) is 10.2 Å². The Balaban J connectivity index is 1.79. The van der Waals surface area contributed by atoms with Crippen LogP contribution in [0.2, 0.25) is 0 Å². The van der Waals surface area contributed by atoms with Gasteiger partial charge in [-0.15, -0.1) is 0 Å². The number of carbonyl (C=O) groups excluding carboxylic acids is 2. The van der Waals surface area contributed by atoms with E-state index in [-0.39, 0.29) is 29.2 Å². The van der Waals surface area contributed by atoms with Crippen LogP contribution < -0.4 is 10.6 Å². The van der Waals surface area contributed by atoms with E-state index in [1.54, 1.807) is 19.2 Å². The third-order valence-electron chi connectivity index (χ3n) is 3.68. The molecule has 0 aromatic carbocycles. The van der Waals surface area contributed by atoms with E-state index in [4.69, 9.17) is 9.52 Å². The molecule has 0 saturated carbocycles. The van der Waals surface area contributed by atoms with Gasteiger partial charge in [0.15, 0.2) is 5.69 Å². The molecular formula is C16H16N6O5. The number of rotatable bonds is 6. The SMILES string of the molecule is Cn1cc(C(=O)Nc2cnn(C)c2C(=O)NCc2ccco2)c(C(=O)O)n1. The van der Waals surface area contributed by atoms with Crippen molar-refractivity contribution in [3.63, 3.8) is 0 Å². The molecule has 0 unspecified atom stereocenters. The van der Waals surface area contributed by atoms with E-state index in [2.05, 4.69) is 20.8 Å². The van der Waals surface area contributed by atoms with Gasteiger partial charge < -0.3 is 20.2 Å². The number of aromatic nitrogens is 4. The van der Waals surface area contributed by atoms with E-state index in [9.17, 15) is 14.4 Å². The van der Waals surface area contributed by atoms with E-state index in [1.165, 1.54) is 35.1 Å². The number of aromatic carboxylic acids is 1. The number of carboxylic acids is 1. The van der Waals surface area contributed by atoms with Crippen molar-refractivity contribution in [3.8, 4) is 0 Å². The molecule has 3 aromatic rings. The number of hydrogen-bond donors (Lipinski definition) is 3. The van der Waals surface area contributed by atoms with Gasteiger partial charge in [0, 0.05) is 20.3 Å². The third-order valence-corrected chi connectivity index (χ3v) is 3.68. The summed E-state index contributed by atoms with van der Waals surface area (Å²) in [4.78, 5) is 36.2. The van der Waals surface area contributed by atoms with Gasteiger partial charge in [0.1, 0.15) is 11.5 Å². The molecule has 0 radical (unpaired) electrons. The average molecular weight is 372 g/mol. The maximum absolute atomic E-state index is 12.5. The van der Waals surface area contributed by atoms with Crippen molar-refractivity contribution in [3.05, 3.63) is 53.5 Å². The molecule has 0 aliphatic heterocycles. The predicted molar refractivity (Wildman–Crippen MR) is 91.2 cm³/mol. The molecule has 2 amide bonds. The zero-order valence-corrected chi connectivity index (χ0v) is 14.5. The van der Waals surface area contributed by atoms with Crippen LogP contribution in [0.5, 0.6) is 0 Å². The first kappa shape index (κ1) is 17.9. The smallest absolute Gasteiger partial charge is 0.357 e. The van der Waals surface area contributed by atoms with Gasteiger partial charge in [-0.05, 0) is 12.1 Å². The van der Waals surface area contributed by atoms with Gasteiger partial charge in [0.25, 0.3) is 11.8 Å². The number of nitrogens with zero attached hydrogens (tertiary/aromatic N) is 4. The lowest BCUT2D eigenvalue weighted by Gasteiger charge is -2.08. The van der Waals surface area contributed by atoms with Gasteiger partial charge in [-0.25, -0.2) is 4.79 Å². The number of carbonyl (C=O) groups is 3. The lowest BCUT2D eigenvalue weighted by Crippen LogP contribution is -2.26. The summed E-state index contributed by atoms with van der Waals surface area (Å²) in [5, 5.41) is 22.0. The molecule has 3 aromatic heterocycles. The van der Waals surface area contributed by atoms with E-state index < -0.39 is 17.8 Å². The van der Waals surface area contributed by atoms with Crippen LogP contribution in [-0.2, 0) is 20.6 Å². The van der Waals surface area contributed by atoms with Gasteiger partial charge in [0.05, 0.1) is 30.3 Å². The summed E-state index contributed by atoms with van der Waals surface area (Å²) in [6.45, 7) is 0.163. The minimum atomic E-state index is -1.33. The molecule has 11 heteroatoms. The summed E-state index contributed by atoms with van der Waals surface area (Å²) in [6, 6.07) is 3.41. The van der Waals surface area contributed by atoms with E-state index in [1.807, 2.05) is 0 Å². The number of anilines is 1. The Morgan fingerprint density at radius 3 is 2.70 bits per heavy atom. The Morgan fingerprint density at radius 1 is 1.26 bits per heavy atom. The maximum Gasteiger partial charge on any atom is 0.357 e. The van der Waals surface area contributed by atoms with Crippen molar-refractivity contribution < 1.29 is 23.9 Å². The van der Waals surface area contributed by atoms with Crippen LogP contribution in [0, 0.1) is 0 Å². The Morgan fingerprint density at radius 2 is 2.04 bits per heavy atom. The highest BCUT2D eigenvalue weighted by Gasteiger charge is 2.24. The summed E-state index contributed by atoms with van der Waals surface area (Å²) < 4.78 is 7.67.